The minimum absolute atomic E-state index is 0.00551. The van der Waals surface area contributed by atoms with Crippen LogP contribution in [0.1, 0.15) is 29.2 Å². The number of nitro groups is 2. The molecule has 0 saturated carbocycles. The summed E-state index contributed by atoms with van der Waals surface area (Å²) in [5, 5.41) is 36.7. The Bertz CT molecular complexity index is 885. The molecule has 0 radical (unpaired) electrons. The zero-order valence-electron chi connectivity index (χ0n) is 13.9. The number of rotatable bonds is 3. The van der Waals surface area contributed by atoms with Gasteiger partial charge in [0.2, 0.25) is 0 Å². The molecule has 128 valence electrons. The van der Waals surface area contributed by atoms with Crippen molar-refractivity contribution in [3.05, 3.63) is 78.9 Å². The summed E-state index contributed by atoms with van der Waals surface area (Å²) in [7, 11) is 0. The second-order valence-corrected chi connectivity index (χ2v) is 5.25. The average Bonchev–Trinajstić information content (AvgIpc) is 2.55. The third-order valence-electron chi connectivity index (χ3n) is 3.37. The first-order valence-electron chi connectivity index (χ1n) is 7.13. The smallest absolute Gasteiger partial charge is 0.273 e. The van der Waals surface area contributed by atoms with Crippen LogP contribution in [-0.4, -0.2) is 15.6 Å². The van der Waals surface area contributed by atoms with Gasteiger partial charge in [-0.05, 0) is 26.8 Å². The van der Waals surface area contributed by atoms with Gasteiger partial charge in [-0.1, -0.05) is 18.2 Å². The molecular formula is C17H16N4O4. The lowest BCUT2D eigenvalue weighted by molar-refractivity contribution is -0.385. The van der Waals surface area contributed by atoms with Crippen molar-refractivity contribution in [2.75, 3.05) is 0 Å². The standard InChI is InChI=1S/C9H10N2O2.C8H6N2O2/c1-6-3-4-8(7(2)10)5-9(6)11(12)13;1-6-2-3-7(5-9)4-8(6)10(11)12/h3-5,10H,1-2H3;2-4H,1H3. The zero-order chi connectivity index (χ0) is 19.1. The molecule has 0 unspecified atom stereocenters. The van der Waals surface area contributed by atoms with Crippen molar-refractivity contribution in [2.24, 2.45) is 0 Å². The van der Waals surface area contributed by atoms with Gasteiger partial charge in [0.05, 0.1) is 21.5 Å². The highest BCUT2D eigenvalue weighted by atomic mass is 16.6. The van der Waals surface area contributed by atoms with Crippen LogP contribution in [0.5, 0.6) is 0 Å². The summed E-state index contributed by atoms with van der Waals surface area (Å²) in [6, 6.07) is 11.0. The van der Waals surface area contributed by atoms with E-state index in [-0.39, 0.29) is 11.4 Å². The van der Waals surface area contributed by atoms with Crippen LogP contribution in [0.4, 0.5) is 11.4 Å². The van der Waals surface area contributed by atoms with E-state index < -0.39 is 9.85 Å². The quantitative estimate of drug-likeness (QED) is 0.510. The minimum atomic E-state index is -0.490. The summed E-state index contributed by atoms with van der Waals surface area (Å²) in [4.78, 5) is 20.0. The molecule has 0 aromatic heterocycles. The Morgan fingerprint density at radius 2 is 1.48 bits per heavy atom. The van der Waals surface area contributed by atoms with Crippen LogP contribution in [0.2, 0.25) is 0 Å². The number of nitro benzene ring substituents is 2. The molecular weight excluding hydrogens is 324 g/mol. The van der Waals surface area contributed by atoms with Gasteiger partial charge in [0.15, 0.2) is 0 Å². The van der Waals surface area contributed by atoms with Crippen LogP contribution in [-0.2, 0) is 0 Å². The molecule has 0 spiro atoms. The predicted molar refractivity (Wildman–Crippen MR) is 92.9 cm³/mol. The van der Waals surface area contributed by atoms with Gasteiger partial charge in [0, 0.05) is 34.5 Å². The van der Waals surface area contributed by atoms with Crippen molar-refractivity contribution in [3.8, 4) is 6.07 Å². The van der Waals surface area contributed by atoms with E-state index >= 15 is 0 Å². The Balaban J connectivity index is 0.000000251. The van der Waals surface area contributed by atoms with Crippen LogP contribution < -0.4 is 0 Å². The van der Waals surface area contributed by atoms with E-state index in [1.165, 1.54) is 12.1 Å². The maximum absolute atomic E-state index is 10.5. The Hall–Kier alpha value is -3.60. The maximum Gasteiger partial charge on any atom is 0.273 e. The third kappa shape index (κ3) is 5.21. The minimum Gasteiger partial charge on any atom is -0.305 e. The molecule has 8 nitrogen and oxygen atoms in total. The first-order chi connectivity index (χ1) is 11.7. The lowest BCUT2D eigenvalue weighted by Gasteiger charge is -2.00. The fourth-order valence-corrected chi connectivity index (χ4v) is 1.91. The molecule has 0 fully saturated rings. The summed E-state index contributed by atoms with van der Waals surface area (Å²) in [5.41, 5.74) is 2.50. The maximum atomic E-state index is 10.5. The second kappa shape index (κ2) is 8.31. The summed E-state index contributed by atoms with van der Waals surface area (Å²) in [6.45, 7) is 4.93. The van der Waals surface area contributed by atoms with Gasteiger partial charge >= 0.3 is 0 Å². The van der Waals surface area contributed by atoms with Crippen molar-refractivity contribution < 1.29 is 9.85 Å². The molecule has 2 aromatic rings. The molecule has 0 amide bonds. The normalized spacial score (nSPS) is 9.36. The molecule has 0 heterocycles. The number of nitrogens with one attached hydrogen (secondary N) is 1. The number of hydrogen-bond donors (Lipinski definition) is 1. The lowest BCUT2D eigenvalue weighted by atomic mass is 10.1. The third-order valence-corrected chi connectivity index (χ3v) is 3.37. The molecule has 0 saturated heterocycles. The van der Waals surface area contributed by atoms with Gasteiger partial charge in [0.1, 0.15) is 0 Å². The molecule has 0 aliphatic carbocycles. The highest BCUT2D eigenvalue weighted by Gasteiger charge is 2.11. The zero-order valence-corrected chi connectivity index (χ0v) is 13.9. The van der Waals surface area contributed by atoms with E-state index in [0.717, 1.165) is 0 Å². The Kier molecular flexibility index (Phi) is 6.46. The van der Waals surface area contributed by atoms with Gasteiger partial charge in [-0.15, -0.1) is 0 Å². The molecule has 0 atom stereocenters. The molecule has 2 aromatic carbocycles. The van der Waals surface area contributed by atoms with E-state index in [9.17, 15) is 20.2 Å². The van der Waals surface area contributed by atoms with Gasteiger partial charge < -0.3 is 5.41 Å². The number of nitrogens with zero attached hydrogens (tertiary/aromatic N) is 3. The molecule has 25 heavy (non-hydrogen) atoms. The molecule has 0 bridgehead atoms. The molecule has 2 rings (SSSR count). The van der Waals surface area contributed by atoms with Gasteiger partial charge in [-0.3, -0.25) is 20.2 Å². The van der Waals surface area contributed by atoms with Crippen LogP contribution >= 0.6 is 0 Å². The number of hydrogen-bond acceptors (Lipinski definition) is 6. The van der Waals surface area contributed by atoms with E-state index in [1.807, 2.05) is 6.07 Å². The summed E-state index contributed by atoms with van der Waals surface area (Å²) in [5.74, 6) is 0. The fourth-order valence-electron chi connectivity index (χ4n) is 1.91. The molecule has 1 N–H and O–H groups in total. The van der Waals surface area contributed by atoms with Gasteiger partial charge in [0.25, 0.3) is 11.4 Å². The molecule has 0 aliphatic heterocycles. The first kappa shape index (κ1) is 19.4. The monoisotopic (exact) mass is 340 g/mol. The highest BCUT2D eigenvalue weighted by molar-refractivity contribution is 5.96. The van der Waals surface area contributed by atoms with E-state index in [4.69, 9.17) is 10.7 Å². The largest absolute Gasteiger partial charge is 0.305 e. The SMILES string of the molecule is CC(=N)c1ccc(C)c([N+](=O)[O-])c1.Cc1ccc(C#N)cc1[N+](=O)[O-]. The highest BCUT2D eigenvalue weighted by Crippen LogP contribution is 2.19. The summed E-state index contributed by atoms with van der Waals surface area (Å²) < 4.78 is 0. The topological polar surface area (TPSA) is 134 Å². The van der Waals surface area contributed by atoms with E-state index in [1.54, 1.807) is 45.0 Å². The van der Waals surface area contributed by atoms with Crippen LogP contribution in [0.25, 0.3) is 0 Å². The van der Waals surface area contributed by atoms with Crippen molar-refractivity contribution in [1.82, 2.24) is 0 Å². The van der Waals surface area contributed by atoms with E-state index in [2.05, 4.69) is 0 Å². The molecule has 8 heteroatoms. The fraction of sp³-hybridized carbons (Fsp3) is 0.176. The average molecular weight is 340 g/mol. The Morgan fingerprint density at radius 3 is 1.92 bits per heavy atom. The molecule has 0 aliphatic rings. The summed E-state index contributed by atoms with van der Waals surface area (Å²) in [6.07, 6.45) is 0. The lowest BCUT2D eigenvalue weighted by Crippen LogP contribution is -1.97. The van der Waals surface area contributed by atoms with Crippen molar-refractivity contribution >= 4 is 17.1 Å². The Morgan fingerprint density at radius 1 is 1.00 bits per heavy atom. The van der Waals surface area contributed by atoms with Crippen LogP contribution in [0.3, 0.4) is 0 Å². The van der Waals surface area contributed by atoms with Crippen molar-refractivity contribution in [3.63, 3.8) is 0 Å². The predicted octanol–water partition coefficient (Wildman–Crippen LogP) is 4.07. The second-order valence-electron chi connectivity index (χ2n) is 5.25. The van der Waals surface area contributed by atoms with E-state index in [0.29, 0.717) is 28.0 Å². The van der Waals surface area contributed by atoms with Crippen molar-refractivity contribution in [2.45, 2.75) is 20.8 Å². The Labute approximate surface area is 144 Å². The summed E-state index contributed by atoms with van der Waals surface area (Å²) >= 11 is 0. The van der Waals surface area contributed by atoms with Crippen LogP contribution in [0, 0.1) is 50.8 Å². The first-order valence-corrected chi connectivity index (χ1v) is 7.13. The number of benzene rings is 2. The van der Waals surface area contributed by atoms with Gasteiger partial charge in [-0.2, -0.15) is 5.26 Å². The number of nitriles is 1. The number of aryl methyl sites for hydroxylation is 2. The van der Waals surface area contributed by atoms with Crippen LogP contribution in [0.15, 0.2) is 36.4 Å². The van der Waals surface area contributed by atoms with Gasteiger partial charge in [-0.25, -0.2) is 0 Å². The van der Waals surface area contributed by atoms with Crippen molar-refractivity contribution in [1.29, 1.82) is 10.7 Å².